The zero-order valence-corrected chi connectivity index (χ0v) is 13.6. The van der Waals surface area contributed by atoms with E-state index in [0.29, 0.717) is 11.8 Å². The Hall–Kier alpha value is -2.02. The predicted molar refractivity (Wildman–Crippen MR) is 91.2 cm³/mol. The molecule has 2 aromatic rings. The number of fused-ring (bicyclic) bond motifs is 3. The van der Waals surface area contributed by atoms with Crippen molar-refractivity contribution in [3.63, 3.8) is 0 Å². The van der Waals surface area contributed by atoms with Crippen LogP contribution in [0.1, 0.15) is 24.0 Å². The van der Waals surface area contributed by atoms with Crippen LogP contribution in [-0.4, -0.2) is 44.5 Å². The molecule has 1 unspecified atom stereocenters. The number of hydrogen-bond acceptors (Lipinski definition) is 4. The Bertz CT molecular complexity index is 748. The molecular weight excluding hydrogens is 310 g/mol. The third-order valence-electron chi connectivity index (χ3n) is 4.47. The number of allylic oxidation sites excluding steroid dienone is 1. The summed E-state index contributed by atoms with van der Waals surface area (Å²) in [5, 5.41) is 13.8. The van der Waals surface area contributed by atoms with E-state index >= 15 is 0 Å². The van der Waals surface area contributed by atoms with Gasteiger partial charge in [0.1, 0.15) is 0 Å². The fourth-order valence-electron chi connectivity index (χ4n) is 3.20. The van der Waals surface area contributed by atoms with Crippen molar-refractivity contribution in [1.82, 2.24) is 25.4 Å². The van der Waals surface area contributed by atoms with Crippen LogP contribution in [0.3, 0.4) is 0 Å². The van der Waals surface area contributed by atoms with Crippen LogP contribution in [0.25, 0.3) is 11.0 Å². The van der Waals surface area contributed by atoms with Gasteiger partial charge < -0.3 is 10.2 Å². The normalized spacial score (nSPS) is 20.0. The van der Waals surface area contributed by atoms with E-state index < -0.39 is 0 Å². The second-order valence-electron chi connectivity index (χ2n) is 5.95. The number of H-pyrrole nitrogens is 1. The molecule has 0 saturated carbocycles. The largest absolute Gasteiger partial charge is 0.338 e. The van der Waals surface area contributed by atoms with Gasteiger partial charge in [0, 0.05) is 36.5 Å². The van der Waals surface area contributed by atoms with Crippen molar-refractivity contribution in [3.05, 3.63) is 35.0 Å². The number of carbonyl (C=O) groups excluding carboxylic acids is 1. The highest BCUT2D eigenvalue weighted by Gasteiger charge is 2.23. The van der Waals surface area contributed by atoms with Gasteiger partial charge in [0.25, 0.3) is 0 Å². The Morgan fingerprint density at radius 2 is 2.43 bits per heavy atom. The lowest BCUT2D eigenvalue weighted by Gasteiger charge is -2.29. The van der Waals surface area contributed by atoms with Crippen molar-refractivity contribution < 1.29 is 4.79 Å². The van der Waals surface area contributed by atoms with E-state index in [-0.39, 0.29) is 6.03 Å². The lowest BCUT2D eigenvalue weighted by Crippen LogP contribution is -2.43. The minimum absolute atomic E-state index is 0.0268. The van der Waals surface area contributed by atoms with E-state index in [9.17, 15) is 4.79 Å². The number of pyridine rings is 1. The molecule has 2 amide bonds. The fraction of sp³-hybridized carbons (Fsp3) is 0.438. The van der Waals surface area contributed by atoms with Crippen molar-refractivity contribution in [2.45, 2.75) is 31.1 Å². The predicted octanol–water partition coefficient (Wildman–Crippen LogP) is 2.43. The Morgan fingerprint density at radius 3 is 3.30 bits per heavy atom. The number of hydrogen-bond donors (Lipinski definition) is 2. The Balaban J connectivity index is 1.36. The van der Waals surface area contributed by atoms with Gasteiger partial charge in [-0.3, -0.25) is 5.10 Å². The van der Waals surface area contributed by atoms with Gasteiger partial charge in [0.2, 0.25) is 0 Å². The summed E-state index contributed by atoms with van der Waals surface area (Å²) in [5.74, 6) is 0. The summed E-state index contributed by atoms with van der Waals surface area (Å²) in [7, 11) is 0. The average Bonchev–Trinajstić information content (AvgIpc) is 3.25. The monoisotopic (exact) mass is 329 g/mol. The maximum Gasteiger partial charge on any atom is 0.317 e. The molecule has 6 nitrogen and oxygen atoms in total. The molecule has 4 rings (SSSR count). The van der Waals surface area contributed by atoms with Gasteiger partial charge in [-0.2, -0.15) is 5.10 Å². The standard InChI is InChI=1S/C16H19N5OS/c22-16(17-5-3-12-2-1-7-23-12)21-6-4-13-11(10-21)8-18-15-14(13)9-19-20-15/h1,7-9,12H,2-6,10H2,(H,17,22)(H,18,19,20). The highest BCUT2D eigenvalue weighted by Crippen LogP contribution is 2.26. The zero-order valence-electron chi connectivity index (χ0n) is 12.8. The number of amides is 2. The van der Waals surface area contributed by atoms with Crippen LogP contribution in [0.15, 0.2) is 23.9 Å². The van der Waals surface area contributed by atoms with Crippen LogP contribution in [0, 0.1) is 0 Å². The first-order valence-electron chi connectivity index (χ1n) is 7.94. The number of nitrogens with zero attached hydrogens (tertiary/aromatic N) is 3. The van der Waals surface area contributed by atoms with Crippen molar-refractivity contribution in [2.75, 3.05) is 13.1 Å². The lowest BCUT2D eigenvalue weighted by molar-refractivity contribution is 0.192. The third-order valence-corrected chi connectivity index (χ3v) is 5.63. The van der Waals surface area contributed by atoms with E-state index in [1.165, 1.54) is 5.56 Å². The molecule has 23 heavy (non-hydrogen) atoms. The number of rotatable bonds is 3. The van der Waals surface area contributed by atoms with Gasteiger partial charge >= 0.3 is 6.03 Å². The summed E-state index contributed by atoms with van der Waals surface area (Å²) in [5.41, 5.74) is 3.21. The fourth-order valence-corrected chi connectivity index (χ4v) is 4.12. The number of aromatic nitrogens is 3. The highest BCUT2D eigenvalue weighted by molar-refractivity contribution is 8.03. The SMILES string of the molecule is O=C(NCCC1CC=CS1)N1CCc2c(cnc3[nH]ncc23)C1. The van der Waals surface area contributed by atoms with Crippen LogP contribution in [0.4, 0.5) is 4.79 Å². The van der Waals surface area contributed by atoms with E-state index in [2.05, 4.69) is 32.0 Å². The molecule has 0 aromatic carbocycles. The van der Waals surface area contributed by atoms with Crippen LogP contribution in [-0.2, 0) is 13.0 Å². The number of nitrogens with one attached hydrogen (secondary N) is 2. The van der Waals surface area contributed by atoms with Gasteiger partial charge in [-0.15, -0.1) is 11.8 Å². The van der Waals surface area contributed by atoms with Crippen LogP contribution < -0.4 is 5.32 Å². The second-order valence-corrected chi connectivity index (χ2v) is 7.16. The molecule has 120 valence electrons. The summed E-state index contributed by atoms with van der Waals surface area (Å²) in [6.07, 6.45) is 8.86. The van der Waals surface area contributed by atoms with Gasteiger partial charge in [-0.05, 0) is 35.8 Å². The molecule has 0 spiro atoms. The number of thioether (sulfide) groups is 1. The van der Waals surface area contributed by atoms with Crippen LogP contribution in [0.5, 0.6) is 0 Å². The van der Waals surface area contributed by atoms with Gasteiger partial charge in [-0.1, -0.05) is 6.08 Å². The maximum absolute atomic E-state index is 12.3. The first-order chi connectivity index (χ1) is 11.3. The second kappa shape index (κ2) is 6.23. The topological polar surface area (TPSA) is 73.9 Å². The average molecular weight is 329 g/mol. The smallest absolute Gasteiger partial charge is 0.317 e. The van der Waals surface area contributed by atoms with E-state index in [1.54, 1.807) is 0 Å². The summed E-state index contributed by atoms with van der Waals surface area (Å²) >= 11 is 1.86. The van der Waals surface area contributed by atoms with Gasteiger partial charge in [-0.25, -0.2) is 9.78 Å². The summed E-state index contributed by atoms with van der Waals surface area (Å²) in [6.45, 7) is 2.10. The molecule has 0 saturated heterocycles. The zero-order chi connectivity index (χ0) is 15.6. The summed E-state index contributed by atoms with van der Waals surface area (Å²) in [6, 6.07) is 0.0268. The lowest BCUT2D eigenvalue weighted by atomic mass is 9.99. The van der Waals surface area contributed by atoms with E-state index in [4.69, 9.17) is 0 Å². The number of carbonyl (C=O) groups is 1. The number of aromatic amines is 1. The molecule has 1 atom stereocenters. The number of urea groups is 1. The first-order valence-corrected chi connectivity index (χ1v) is 8.88. The minimum Gasteiger partial charge on any atom is -0.338 e. The molecule has 4 heterocycles. The molecule has 7 heteroatoms. The third kappa shape index (κ3) is 2.93. The molecule has 2 aliphatic heterocycles. The maximum atomic E-state index is 12.3. The summed E-state index contributed by atoms with van der Waals surface area (Å²) < 4.78 is 0. The van der Waals surface area contributed by atoms with Gasteiger partial charge in [0.15, 0.2) is 5.65 Å². The molecule has 0 radical (unpaired) electrons. The quantitative estimate of drug-likeness (QED) is 0.907. The van der Waals surface area contributed by atoms with E-state index in [0.717, 1.165) is 48.9 Å². The molecule has 0 bridgehead atoms. The Kier molecular flexibility index (Phi) is 3.95. The van der Waals surface area contributed by atoms with Gasteiger partial charge in [0.05, 0.1) is 6.20 Å². The minimum atomic E-state index is 0.0268. The molecule has 2 aliphatic rings. The molecular formula is C16H19N5OS. The van der Waals surface area contributed by atoms with Crippen LogP contribution in [0.2, 0.25) is 0 Å². The molecule has 0 fully saturated rings. The van der Waals surface area contributed by atoms with Crippen molar-refractivity contribution in [1.29, 1.82) is 0 Å². The molecule has 2 N–H and O–H groups in total. The molecule has 0 aliphatic carbocycles. The van der Waals surface area contributed by atoms with Crippen LogP contribution >= 0.6 is 11.8 Å². The van der Waals surface area contributed by atoms with E-state index in [1.807, 2.05) is 29.1 Å². The van der Waals surface area contributed by atoms with Crippen molar-refractivity contribution >= 4 is 28.8 Å². The Labute approximate surface area is 138 Å². The highest BCUT2D eigenvalue weighted by atomic mass is 32.2. The Morgan fingerprint density at radius 1 is 1.48 bits per heavy atom. The van der Waals surface area contributed by atoms with Crippen molar-refractivity contribution in [3.8, 4) is 0 Å². The molecule has 2 aromatic heterocycles. The first kappa shape index (κ1) is 14.6. The van der Waals surface area contributed by atoms with Crippen molar-refractivity contribution in [2.24, 2.45) is 0 Å². The summed E-state index contributed by atoms with van der Waals surface area (Å²) in [4.78, 5) is 18.6.